The SMILES string of the molecule is Cc1occc1-c1nnnn1CCC(C)C(=O)O. The van der Waals surface area contributed by atoms with Crippen molar-refractivity contribution < 1.29 is 14.3 Å². The number of carboxylic acid groups (broad SMARTS) is 1. The van der Waals surface area contributed by atoms with E-state index < -0.39 is 11.9 Å². The smallest absolute Gasteiger partial charge is 0.306 e. The molecule has 0 aromatic carbocycles. The summed E-state index contributed by atoms with van der Waals surface area (Å²) in [6.07, 6.45) is 2.05. The maximum atomic E-state index is 10.8. The van der Waals surface area contributed by atoms with E-state index in [4.69, 9.17) is 9.52 Å². The minimum absolute atomic E-state index is 0.424. The molecule has 0 radical (unpaired) electrons. The summed E-state index contributed by atoms with van der Waals surface area (Å²) in [6.45, 7) is 3.95. The molecule has 0 fully saturated rings. The number of carboxylic acids is 1. The first-order chi connectivity index (χ1) is 8.59. The third kappa shape index (κ3) is 2.39. The lowest BCUT2D eigenvalue weighted by molar-refractivity contribution is -0.141. The van der Waals surface area contributed by atoms with Crippen LogP contribution >= 0.6 is 0 Å². The number of aromatic nitrogens is 4. The molecule has 0 saturated carbocycles. The second kappa shape index (κ2) is 4.99. The molecule has 1 unspecified atom stereocenters. The number of rotatable bonds is 5. The molecule has 0 saturated heterocycles. The molecule has 0 aliphatic heterocycles. The Morgan fingerprint density at radius 2 is 2.39 bits per heavy atom. The van der Waals surface area contributed by atoms with E-state index in [1.54, 1.807) is 23.9 Å². The average Bonchev–Trinajstić information content (AvgIpc) is 2.93. The molecular formula is C11H14N4O3. The summed E-state index contributed by atoms with van der Waals surface area (Å²) < 4.78 is 6.80. The molecule has 7 heteroatoms. The number of hydrogen-bond acceptors (Lipinski definition) is 5. The molecule has 0 aliphatic rings. The molecule has 1 atom stereocenters. The molecule has 96 valence electrons. The van der Waals surface area contributed by atoms with Gasteiger partial charge in [0, 0.05) is 6.54 Å². The summed E-state index contributed by atoms with van der Waals surface area (Å²) in [4.78, 5) is 10.8. The second-order valence-corrected chi connectivity index (χ2v) is 4.14. The van der Waals surface area contributed by atoms with Crippen molar-refractivity contribution in [3.05, 3.63) is 18.1 Å². The summed E-state index contributed by atoms with van der Waals surface area (Å²) in [5.74, 6) is 0.0905. The minimum Gasteiger partial charge on any atom is -0.481 e. The predicted octanol–water partition coefficient (Wildman–Crippen LogP) is 1.35. The van der Waals surface area contributed by atoms with Crippen molar-refractivity contribution in [3.8, 4) is 11.4 Å². The summed E-state index contributed by atoms with van der Waals surface area (Å²) in [7, 11) is 0. The zero-order valence-electron chi connectivity index (χ0n) is 10.2. The normalized spacial score (nSPS) is 12.6. The lowest BCUT2D eigenvalue weighted by atomic mass is 10.1. The fourth-order valence-electron chi connectivity index (χ4n) is 1.60. The van der Waals surface area contributed by atoms with Gasteiger partial charge in [0.15, 0.2) is 5.82 Å². The number of furan rings is 1. The average molecular weight is 250 g/mol. The molecule has 7 nitrogen and oxygen atoms in total. The highest BCUT2D eigenvalue weighted by Gasteiger charge is 2.16. The predicted molar refractivity (Wildman–Crippen MR) is 61.7 cm³/mol. The first-order valence-corrected chi connectivity index (χ1v) is 5.63. The maximum absolute atomic E-state index is 10.8. The number of aliphatic carboxylic acids is 1. The maximum Gasteiger partial charge on any atom is 0.306 e. The van der Waals surface area contributed by atoms with Crippen LogP contribution in [0.5, 0.6) is 0 Å². The molecule has 18 heavy (non-hydrogen) atoms. The lowest BCUT2D eigenvalue weighted by Gasteiger charge is -2.06. The van der Waals surface area contributed by atoms with Crippen LogP contribution in [-0.2, 0) is 11.3 Å². The Kier molecular flexibility index (Phi) is 3.40. The standard InChI is InChI=1S/C11H14N4O3/c1-7(11(16)17)3-5-15-10(12-13-14-15)9-4-6-18-8(9)2/h4,6-7H,3,5H2,1-2H3,(H,16,17). The molecule has 2 aromatic rings. The number of aryl methyl sites for hydroxylation is 2. The Bertz CT molecular complexity index is 546. The summed E-state index contributed by atoms with van der Waals surface area (Å²) in [5, 5.41) is 20.3. The van der Waals surface area contributed by atoms with E-state index in [-0.39, 0.29) is 0 Å². The largest absolute Gasteiger partial charge is 0.481 e. The van der Waals surface area contributed by atoms with Crippen molar-refractivity contribution in [2.24, 2.45) is 5.92 Å². The van der Waals surface area contributed by atoms with Crippen molar-refractivity contribution >= 4 is 5.97 Å². The molecule has 2 aromatic heterocycles. The van der Waals surface area contributed by atoms with Gasteiger partial charge in [0.25, 0.3) is 0 Å². The number of hydrogen-bond donors (Lipinski definition) is 1. The quantitative estimate of drug-likeness (QED) is 0.860. The van der Waals surface area contributed by atoms with Crippen LogP contribution in [0.3, 0.4) is 0 Å². The van der Waals surface area contributed by atoms with Gasteiger partial charge in [0.1, 0.15) is 5.76 Å². The molecule has 0 aliphatic carbocycles. The third-order valence-corrected chi connectivity index (χ3v) is 2.83. The van der Waals surface area contributed by atoms with Crippen LogP contribution in [-0.4, -0.2) is 31.3 Å². The Hall–Kier alpha value is -2.18. The van der Waals surface area contributed by atoms with E-state index in [1.807, 2.05) is 6.92 Å². The van der Waals surface area contributed by atoms with Crippen molar-refractivity contribution in [1.29, 1.82) is 0 Å². The second-order valence-electron chi connectivity index (χ2n) is 4.14. The topological polar surface area (TPSA) is 94.0 Å². The van der Waals surface area contributed by atoms with Gasteiger partial charge < -0.3 is 9.52 Å². The van der Waals surface area contributed by atoms with E-state index in [1.165, 1.54) is 0 Å². The van der Waals surface area contributed by atoms with Crippen LogP contribution in [0.1, 0.15) is 19.1 Å². The highest BCUT2D eigenvalue weighted by Crippen LogP contribution is 2.21. The zero-order valence-corrected chi connectivity index (χ0v) is 10.2. The Morgan fingerprint density at radius 3 is 3.00 bits per heavy atom. The van der Waals surface area contributed by atoms with Crippen molar-refractivity contribution in [2.75, 3.05) is 0 Å². The number of tetrazole rings is 1. The molecule has 2 rings (SSSR count). The molecule has 1 N–H and O–H groups in total. The van der Waals surface area contributed by atoms with E-state index >= 15 is 0 Å². The van der Waals surface area contributed by atoms with Gasteiger partial charge >= 0.3 is 5.97 Å². The monoisotopic (exact) mass is 250 g/mol. The van der Waals surface area contributed by atoms with Gasteiger partial charge in [-0.25, -0.2) is 4.68 Å². The highest BCUT2D eigenvalue weighted by atomic mass is 16.4. The molecule has 2 heterocycles. The van der Waals surface area contributed by atoms with Crippen LogP contribution in [0.25, 0.3) is 11.4 Å². The third-order valence-electron chi connectivity index (χ3n) is 2.83. The van der Waals surface area contributed by atoms with Gasteiger partial charge in [-0.3, -0.25) is 4.79 Å². The molecule has 0 bridgehead atoms. The van der Waals surface area contributed by atoms with Crippen molar-refractivity contribution in [1.82, 2.24) is 20.2 Å². The van der Waals surface area contributed by atoms with Crippen LogP contribution in [0.4, 0.5) is 0 Å². The molecular weight excluding hydrogens is 236 g/mol. The molecule has 0 amide bonds. The van der Waals surface area contributed by atoms with E-state index in [2.05, 4.69) is 15.5 Å². The van der Waals surface area contributed by atoms with Crippen LogP contribution in [0.15, 0.2) is 16.7 Å². The number of carbonyl (C=O) groups is 1. The van der Waals surface area contributed by atoms with E-state index in [0.29, 0.717) is 18.8 Å². The Morgan fingerprint density at radius 1 is 1.61 bits per heavy atom. The zero-order chi connectivity index (χ0) is 13.1. The lowest BCUT2D eigenvalue weighted by Crippen LogP contribution is -2.14. The Balaban J connectivity index is 2.14. The van der Waals surface area contributed by atoms with Gasteiger partial charge in [0.05, 0.1) is 17.7 Å². The first-order valence-electron chi connectivity index (χ1n) is 5.63. The van der Waals surface area contributed by atoms with Crippen LogP contribution in [0, 0.1) is 12.8 Å². The minimum atomic E-state index is -0.816. The van der Waals surface area contributed by atoms with E-state index in [9.17, 15) is 4.79 Å². The van der Waals surface area contributed by atoms with Gasteiger partial charge in [-0.15, -0.1) is 5.10 Å². The Labute approximate surface area is 103 Å². The van der Waals surface area contributed by atoms with Crippen LogP contribution < -0.4 is 0 Å². The summed E-state index contributed by atoms with van der Waals surface area (Å²) in [5.41, 5.74) is 0.822. The highest BCUT2D eigenvalue weighted by molar-refractivity contribution is 5.69. The molecule has 0 spiro atoms. The van der Waals surface area contributed by atoms with Gasteiger partial charge in [-0.05, 0) is 29.8 Å². The fraction of sp³-hybridized carbons (Fsp3) is 0.455. The van der Waals surface area contributed by atoms with Gasteiger partial charge in [-0.2, -0.15) is 0 Å². The summed E-state index contributed by atoms with van der Waals surface area (Å²) >= 11 is 0. The fourth-order valence-corrected chi connectivity index (χ4v) is 1.60. The van der Waals surface area contributed by atoms with Gasteiger partial charge in [-0.1, -0.05) is 6.92 Å². The summed E-state index contributed by atoms with van der Waals surface area (Å²) in [6, 6.07) is 1.79. The first kappa shape index (κ1) is 12.3. The van der Waals surface area contributed by atoms with Crippen molar-refractivity contribution in [3.63, 3.8) is 0 Å². The van der Waals surface area contributed by atoms with Gasteiger partial charge in [0.2, 0.25) is 0 Å². The van der Waals surface area contributed by atoms with Crippen LogP contribution in [0.2, 0.25) is 0 Å². The number of nitrogens with zero attached hydrogens (tertiary/aromatic N) is 4. The van der Waals surface area contributed by atoms with E-state index in [0.717, 1.165) is 11.3 Å². The van der Waals surface area contributed by atoms with Crippen molar-refractivity contribution in [2.45, 2.75) is 26.8 Å².